The zero-order valence-electron chi connectivity index (χ0n) is 17.0. The fourth-order valence-electron chi connectivity index (χ4n) is 2.82. The van der Waals surface area contributed by atoms with Crippen molar-refractivity contribution in [2.45, 2.75) is 73.5 Å². The minimum absolute atomic E-state index is 0.0196. The molecule has 3 rings (SSSR count). The van der Waals surface area contributed by atoms with E-state index >= 15 is 0 Å². The lowest BCUT2D eigenvalue weighted by atomic mass is 9.84. The minimum Gasteiger partial charge on any atom is -0.353 e. The van der Waals surface area contributed by atoms with Crippen molar-refractivity contribution in [2.75, 3.05) is 13.2 Å². The van der Waals surface area contributed by atoms with Crippen LogP contribution in [-0.4, -0.2) is 19.5 Å². The predicted octanol–water partition coefficient (Wildman–Crippen LogP) is 6.29. The molecule has 0 spiro atoms. The smallest absolute Gasteiger partial charge is 0.154 e. The summed E-state index contributed by atoms with van der Waals surface area (Å²) in [6.45, 7) is 14.1. The molecule has 1 aliphatic carbocycles. The van der Waals surface area contributed by atoms with Crippen LogP contribution in [0.3, 0.4) is 0 Å². The van der Waals surface area contributed by atoms with E-state index in [1.807, 2.05) is 19.9 Å². The molecule has 25 heavy (non-hydrogen) atoms. The monoisotopic (exact) mass is 352 g/mol. The molecule has 1 heterocycles. The highest BCUT2D eigenvalue weighted by Gasteiger charge is 2.14. The summed E-state index contributed by atoms with van der Waals surface area (Å²) in [5, 5.41) is 0. The SMILES string of the molecule is CC1CCC(C)CC1.CC1COC(C)OC1.Cc1ccc(C)c(F)c1. The van der Waals surface area contributed by atoms with E-state index in [-0.39, 0.29) is 12.1 Å². The molecule has 0 radical (unpaired) electrons. The van der Waals surface area contributed by atoms with E-state index in [2.05, 4.69) is 20.8 Å². The van der Waals surface area contributed by atoms with E-state index in [0.717, 1.165) is 30.6 Å². The average molecular weight is 353 g/mol. The van der Waals surface area contributed by atoms with Crippen LogP contribution in [0.1, 0.15) is 64.5 Å². The highest BCUT2D eigenvalue weighted by molar-refractivity contribution is 5.21. The highest BCUT2D eigenvalue weighted by atomic mass is 19.1. The molecule has 1 saturated carbocycles. The molecule has 1 aromatic rings. The second kappa shape index (κ2) is 11.6. The summed E-state index contributed by atoms with van der Waals surface area (Å²) in [7, 11) is 0. The maximum atomic E-state index is 12.6. The molecule has 2 fully saturated rings. The standard InChI is InChI=1S/C8H9F.C8H16.C6H12O2/c1-6-3-4-7(2)8(9)5-6;1-7-3-5-8(2)6-4-7;1-5-3-7-6(2)8-4-5/h3-5H,1-2H3;7-8H,3-6H2,1-2H3;5-6H,3-4H2,1-2H3. The van der Waals surface area contributed by atoms with Crippen molar-refractivity contribution >= 4 is 0 Å². The molecule has 1 saturated heterocycles. The van der Waals surface area contributed by atoms with E-state index in [9.17, 15) is 4.39 Å². The lowest BCUT2D eigenvalue weighted by molar-refractivity contribution is -0.187. The van der Waals surface area contributed by atoms with Crippen LogP contribution in [0.25, 0.3) is 0 Å². The lowest BCUT2D eigenvalue weighted by Gasteiger charge is -2.24. The van der Waals surface area contributed by atoms with Crippen LogP contribution in [0.15, 0.2) is 18.2 Å². The maximum Gasteiger partial charge on any atom is 0.154 e. The quantitative estimate of drug-likeness (QED) is 0.546. The van der Waals surface area contributed by atoms with Gasteiger partial charge in [0.15, 0.2) is 6.29 Å². The number of rotatable bonds is 0. The molecule has 0 unspecified atom stereocenters. The van der Waals surface area contributed by atoms with Crippen molar-refractivity contribution in [1.29, 1.82) is 0 Å². The Kier molecular flexibility index (Phi) is 10.3. The third-order valence-corrected chi connectivity index (χ3v) is 4.86. The van der Waals surface area contributed by atoms with Crippen LogP contribution in [-0.2, 0) is 9.47 Å². The molecule has 0 bridgehead atoms. The Balaban J connectivity index is 0.000000188. The van der Waals surface area contributed by atoms with Gasteiger partial charge >= 0.3 is 0 Å². The van der Waals surface area contributed by atoms with Gasteiger partial charge in [0.2, 0.25) is 0 Å². The van der Waals surface area contributed by atoms with Crippen molar-refractivity contribution in [3.63, 3.8) is 0 Å². The van der Waals surface area contributed by atoms with Crippen LogP contribution in [0.4, 0.5) is 4.39 Å². The first kappa shape index (κ1) is 22.1. The molecule has 0 amide bonds. The molecular weight excluding hydrogens is 315 g/mol. The summed E-state index contributed by atoms with van der Waals surface area (Å²) < 4.78 is 22.9. The van der Waals surface area contributed by atoms with Crippen molar-refractivity contribution in [3.05, 3.63) is 35.1 Å². The third kappa shape index (κ3) is 9.96. The molecule has 2 nitrogen and oxygen atoms in total. The Labute approximate surface area is 154 Å². The first-order chi connectivity index (χ1) is 11.8. The Hall–Kier alpha value is -0.930. The van der Waals surface area contributed by atoms with Gasteiger partial charge in [-0.15, -0.1) is 0 Å². The van der Waals surface area contributed by atoms with Gasteiger partial charge in [-0.25, -0.2) is 4.39 Å². The number of benzene rings is 1. The van der Waals surface area contributed by atoms with Crippen LogP contribution in [0.2, 0.25) is 0 Å². The van der Waals surface area contributed by atoms with Gasteiger partial charge in [0.25, 0.3) is 0 Å². The topological polar surface area (TPSA) is 18.5 Å². The van der Waals surface area contributed by atoms with Crippen LogP contribution in [0, 0.1) is 37.4 Å². The van der Waals surface area contributed by atoms with Crippen LogP contribution in [0.5, 0.6) is 0 Å². The van der Waals surface area contributed by atoms with Gasteiger partial charge < -0.3 is 9.47 Å². The van der Waals surface area contributed by atoms with Crippen molar-refractivity contribution in [2.24, 2.45) is 17.8 Å². The summed E-state index contributed by atoms with van der Waals surface area (Å²) >= 11 is 0. The molecule has 0 N–H and O–H groups in total. The molecule has 1 aromatic carbocycles. The predicted molar refractivity (Wildman–Crippen MR) is 103 cm³/mol. The molecule has 144 valence electrons. The van der Waals surface area contributed by atoms with E-state index in [1.165, 1.54) is 31.7 Å². The Morgan fingerprint density at radius 1 is 0.800 bits per heavy atom. The largest absolute Gasteiger partial charge is 0.353 e. The number of hydrogen-bond acceptors (Lipinski definition) is 2. The van der Waals surface area contributed by atoms with E-state index in [4.69, 9.17) is 9.47 Å². The summed E-state index contributed by atoms with van der Waals surface area (Å²) in [5.41, 5.74) is 1.68. The Morgan fingerprint density at radius 2 is 1.28 bits per heavy atom. The number of hydrogen-bond donors (Lipinski definition) is 0. The number of halogens is 1. The zero-order valence-corrected chi connectivity index (χ0v) is 17.0. The lowest BCUT2D eigenvalue weighted by Crippen LogP contribution is -2.27. The summed E-state index contributed by atoms with van der Waals surface area (Å²) in [6, 6.07) is 5.22. The van der Waals surface area contributed by atoms with Crippen LogP contribution < -0.4 is 0 Å². The van der Waals surface area contributed by atoms with Crippen LogP contribution >= 0.6 is 0 Å². The zero-order chi connectivity index (χ0) is 18.8. The first-order valence-corrected chi connectivity index (χ1v) is 9.73. The molecular formula is C22H37FO2. The second-order valence-electron chi connectivity index (χ2n) is 7.96. The maximum absolute atomic E-state index is 12.6. The highest BCUT2D eigenvalue weighted by Crippen LogP contribution is 2.27. The van der Waals surface area contributed by atoms with E-state index < -0.39 is 0 Å². The van der Waals surface area contributed by atoms with Gasteiger partial charge in [-0.05, 0) is 49.8 Å². The van der Waals surface area contributed by atoms with Gasteiger partial charge in [0.05, 0.1) is 13.2 Å². The first-order valence-electron chi connectivity index (χ1n) is 9.73. The van der Waals surface area contributed by atoms with Crippen molar-refractivity contribution in [3.8, 4) is 0 Å². The molecule has 3 heteroatoms. The Bertz CT molecular complexity index is 433. The Morgan fingerprint density at radius 3 is 1.64 bits per heavy atom. The van der Waals surface area contributed by atoms with Gasteiger partial charge in [-0.1, -0.05) is 58.6 Å². The van der Waals surface area contributed by atoms with Gasteiger partial charge in [0.1, 0.15) is 5.82 Å². The number of ether oxygens (including phenoxy) is 2. The molecule has 1 aliphatic heterocycles. The van der Waals surface area contributed by atoms with Gasteiger partial charge in [0, 0.05) is 5.92 Å². The normalized spacial score (nSPS) is 28.9. The van der Waals surface area contributed by atoms with E-state index in [1.54, 1.807) is 13.0 Å². The average Bonchev–Trinajstić information content (AvgIpc) is 2.58. The summed E-state index contributed by atoms with van der Waals surface area (Å²) in [4.78, 5) is 0. The molecule has 0 atom stereocenters. The van der Waals surface area contributed by atoms with Crippen molar-refractivity contribution in [1.82, 2.24) is 0 Å². The van der Waals surface area contributed by atoms with E-state index in [0.29, 0.717) is 11.5 Å². The minimum atomic E-state index is -0.116. The van der Waals surface area contributed by atoms with Gasteiger partial charge in [-0.2, -0.15) is 0 Å². The summed E-state index contributed by atoms with van der Waals surface area (Å²) in [5.74, 6) is 2.50. The molecule has 0 aromatic heterocycles. The number of aryl methyl sites for hydroxylation is 2. The van der Waals surface area contributed by atoms with Crippen molar-refractivity contribution < 1.29 is 13.9 Å². The second-order valence-corrected chi connectivity index (χ2v) is 7.96. The fourth-order valence-corrected chi connectivity index (χ4v) is 2.82. The molecule has 2 aliphatic rings. The third-order valence-electron chi connectivity index (χ3n) is 4.86. The fraction of sp³-hybridized carbons (Fsp3) is 0.727. The summed E-state index contributed by atoms with van der Waals surface area (Å²) in [6.07, 6.45) is 5.91. The van der Waals surface area contributed by atoms with Gasteiger partial charge in [-0.3, -0.25) is 0 Å².